The second-order valence-corrected chi connectivity index (χ2v) is 9.68. The van der Waals surface area contributed by atoms with E-state index in [0.29, 0.717) is 23.8 Å². The molecule has 4 heteroatoms. The third-order valence-corrected chi connectivity index (χ3v) is 7.04. The molecule has 1 N–H and O–H groups in total. The summed E-state index contributed by atoms with van der Waals surface area (Å²) in [5, 5.41) is 8.80. The molecule has 3 rings (SSSR count). The molecule has 1 saturated carbocycles. The fourth-order valence-corrected chi connectivity index (χ4v) is 4.89. The number of benzene rings is 2. The monoisotopic (exact) mass is 466 g/mol. The molecule has 1 aliphatic carbocycles. The minimum atomic E-state index is -0.351. The molecule has 1 fully saturated rings. The highest BCUT2D eigenvalue weighted by atomic mass is 16.5. The summed E-state index contributed by atoms with van der Waals surface area (Å²) in [5.74, 6) is 2.54. The second-order valence-electron chi connectivity index (χ2n) is 9.68. The quantitative estimate of drug-likeness (QED) is 0.176. The Morgan fingerprint density at radius 1 is 0.824 bits per heavy atom. The molecule has 186 valence electrons. The van der Waals surface area contributed by atoms with Crippen molar-refractivity contribution in [3.05, 3.63) is 59.7 Å². The van der Waals surface area contributed by atoms with E-state index in [9.17, 15) is 4.79 Å². The zero-order chi connectivity index (χ0) is 24.0. The maximum atomic E-state index is 12.5. The van der Waals surface area contributed by atoms with Gasteiger partial charge in [-0.3, -0.25) is 0 Å². The number of esters is 1. The molecular formula is C30H42O4. The molecule has 2 aromatic rings. The Labute approximate surface area is 205 Å². The topological polar surface area (TPSA) is 55.8 Å². The largest absolute Gasteiger partial charge is 0.494 e. The van der Waals surface area contributed by atoms with Gasteiger partial charge in [-0.15, -0.1) is 0 Å². The fraction of sp³-hybridized carbons (Fsp3) is 0.567. The third-order valence-electron chi connectivity index (χ3n) is 7.04. The van der Waals surface area contributed by atoms with Gasteiger partial charge in [-0.2, -0.15) is 0 Å². The summed E-state index contributed by atoms with van der Waals surface area (Å²) in [5.41, 5.74) is 1.88. The van der Waals surface area contributed by atoms with Crippen LogP contribution in [0.3, 0.4) is 0 Å². The Morgan fingerprint density at radius 2 is 1.50 bits per heavy atom. The highest BCUT2D eigenvalue weighted by molar-refractivity contribution is 5.91. The molecule has 2 aromatic carbocycles. The van der Waals surface area contributed by atoms with Crippen LogP contribution in [0.25, 0.3) is 0 Å². The van der Waals surface area contributed by atoms with Crippen LogP contribution < -0.4 is 9.47 Å². The fourth-order valence-electron chi connectivity index (χ4n) is 4.89. The molecule has 0 saturated heterocycles. The van der Waals surface area contributed by atoms with Crippen molar-refractivity contribution in [2.45, 2.75) is 89.9 Å². The molecule has 0 aromatic heterocycles. The molecule has 0 amide bonds. The van der Waals surface area contributed by atoms with Crippen molar-refractivity contribution in [2.24, 2.45) is 5.92 Å². The van der Waals surface area contributed by atoms with Crippen LogP contribution in [-0.2, 0) is 0 Å². The van der Waals surface area contributed by atoms with Crippen LogP contribution in [0.2, 0.25) is 0 Å². The van der Waals surface area contributed by atoms with Gasteiger partial charge < -0.3 is 14.6 Å². The lowest BCUT2D eigenvalue weighted by atomic mass is 9.77. The Morgan fingerprint density at radius 3 is 2.18 bits per heavy atom. The lowest BCUT2D eigenvalue weighted by molar-refractivity contribution is 0.0734. The van der Waals surface area contributed by atoms with E-state index >= 15 is 0 Å². The first-order valence-corrected chi connectivity index (χ1v) is 13.4. The molecule has 1 aliphatic rings. The lowest BCUT2D eigenvalue weighted by Crippen LogP contribution is -2.13. The number of hydrogen-bond donors (Lipinski definition) is 1. The Balaban J connectivity index is 1.40. The molecular weight excluding hydrogens is 424 g/mol. The maximum absolute atomic E-state index is 12.5. The van der Waals surface area contributed by atoms with E-state index < -0.39 is 0 Å². The van der Waals surface area contributed by atoms with Gasteiger partial charge in [0.15, 0.2) is 0 Å². The first kappa shape index (κ1) is 26.3. The zero-order valence-electron chi connectivity index (χ0n) is 20.8. The summed E-state index contributed by atoms with van der Waals surface area (Å²) >= 11 is 0. The van der Waals surface area contributed by atoms with Crippen molar-refractivity contribution < 1.29 is 19.4 Å². The highest BCUT2D eigenvalue weighted by Crippen LogP contribution is 2.38. The molecule has 0 spiro atoms. The van der Waals surface area contributed by atoms with Gasteiger partial charge in [0.25, 0.3) is 0 Å². The average molecular weight is 467 g/mol. The van der Waals surface area contributed by atoms with Crippen molar-refractivity contribution in [3.8, 4) is 11.5 Å². The van der Waals surface area contributed by atoms with Crippen LogP contribution in [-0.4, -0.2) is 24.3 Å². The van der Waals surface area contributed by atoms with Crippen molar-refractivity contribution >= 4 is 5.97 Å². The third kappa shape index (κ3) is 8.79. The summed E-state index contributed by atoms with van der Waals surface area (Å²) in [6, 6.07) is 15.2. The van der Waals surface area contributed by atoms with Crippen LogP contribution >= 0.6 is 0 Å². The number of rotatable bonds is 14. The predicted octanol–water partition coefficient (Wildman–Crippen LogP) is 7.69. The molecule has 0 radical (unpaired) electrons. The summed E-state index contributed by atoms with van der Waals surface area (Å²) in [6.45, 7) is 3.17. The minimum Gasteiger partial charge on any atom is -0.494 e. The Bertz CT molecular complexity index is 820. The van der Waals surface area contributed by atoms with Crippen molar-refractivity contribution in [1.29, 1.82) is 0 Å². The molecule has 4 nitrogen and oxygen atoms in total. The van der Waals surface area contributed by atoms with E-state index in [0.717, 1.165) is 37.4 Å². The number of hydrogen-bond acceptors (Lipinski definition) is 4. The first-order chi connectivity index (χ1) is 16.7. The molecule has 0 aliphatic heterocycles. The Kier molecular flexibility index (Phi) is 11.5. The van der Waals surface area contributed by atoms with E-state index in [1.165, 1.54) is 56.9 Å². The smallest absolute Gasteiger partial charge is 0.343 e. The zero-order valence-corrected chi connectivity index (χ0v) is 20.8. The van der Waals surface area contributed by atoms with Gasteiger partial charge in [-0.25, -0.2) is 4.79 Å². The molecule has 0 unspecified atom stereocenters. The Hall–Kier alpha value is -2.33. The van der Waals surface area contributed by atoms with Gasteiger partial charge in [0.2, 0.25) is 0 Å². The number of carbonyl (C=O) groups is 1. The number of ether oxygens (including phenoxy) is 2. The van der Waals surface area contributed by atoms with E-state index in [2.05, 4.69) is 19.1 Å². The van der Waals surface area contributed by atoms with Gasteiger partial charge in [0.1, 0.15) is 11.5 Å². The van der Waals surface area contributed by atoms with Crippen LogP contribution in [0.1, 0.15) is 106 Å². The van der Waals surface area contributed by atoms with E-state index in [1.807, 2.05) is 24.3 Å². The minimum absolute atomic E-state index is 0.253. The first-order valence-electron chi connectivity index (χ1n) is 13.4. The van der Waals surface area contributed by atoms with Gasteiger partial charge in [-0.05, 0) is 98.7 Å². The van der Waals surface area contributed by atoms with Gasteiger partial charge in [-0.1, -0.05) is 51.2 Å². The van der Waals surface area contributed by atoms with Gasteiger partial charge in [0, 0.05) is 6.61 Å². The van der Waals surface area contributed by atoms with Crippen LogP contribution in [0.15, 0.2) is 48.5 Å². The maximum Gasteiger partial charge on any atom is 0.343 e. The predicted molar refractivity (Wildman–Crippen MR) is 138 cm³/mol. The van der Waals surface area contributed by atoms with E-state index in [4.69, 9.17) is 14.6 Å². The van der Waals surface area contributed by atoms with Gasteiger partial charge in [0.05, 0.1) is 12.2 Å². The highest BCUT2D eigenvalue weighted by Gasteiger charge is 2.22. The van der Waals surface area contributed by atoms with Crippen molar-refractivity contribution in [2.75, 3.05) is 13.2 Å². The van der Waals surface area contributed by atoms with Gasteiger partial charge >= 0.3 is 5.97 Å². The summed E-state index contributed by atoms with van der Waals surface area (Å²) in [7, 11) is 0. The molecule has 0 heterocycles. The number of carbonyl (C=O) groups excluding carboxylic acids is 1. The van der Waals surface area contributed by atoms with Crippen LogP contribution in [0.5, 0.6) is 11.5 Å². The van der Waals surface area contributed by atoms with E-state index in [-0.39, 0.29) is 12.6 Å². The lowest BCUT2D eigenvalue weighted by Gasteiger charge is -2.29. The number of aliphatic hydroxyl groups excluding tert-OH is 1. The molecule has 34 heavy (non-hydrogen) atoms. The van der Waals surface area contributed by atoms with E-state index in [1.54, 1.807) is 12.1 Å². The standard InChI is InChI=1S/C30H42O4/c1-2-3-6-9-24-10-12-25(13-11-24)26-14-20-29(21-15-26)34-30(32)27-16-18-28(19-17-27)33-23-8-5-4-7-22-31/h14-21,24-25,31H,2-13,22-23H2,1H3/t24-,25-. The SMILES string of the molecule is CCCCC[C@H]1CC[C@H](c2ccc(OC(=O)c3ccc(OCCCCCCO)cc3)cc2)CC1. The molecule has 0 atom stereocenters. The summed E-state index contributed by atoms with van der Waals surface area (Å²) in [6.07, 6.45) is 14.5. The second kappa shape index (κ2) is 14.8. The summed E-state index contributed by atoms with van der Waals surface area (Å²) < 4.78 is 11.3. The van der Waals surface area contributed by atoms with Crippen LogP contribution in [0.4, 0.5) is 0 Å². The van der Waals surface area contributed by atoms with Crippen molar-refractivity contribution in [1.82, 2.24) is 0 Å². The van der Waals surface area contributed by atoms with Crippen molar-refractivity contribution in [3.63, 3.8) is 0 Å². The average Bonchev–Trinajstić information content (AvgIpc) is 2.87. The molecule has 0 bridgehead atoms. The van der Waals surface area contributed by atoms with Crippen LogP contribution in [0, 0.1) is 5.92 Å². The normalized spacial score (nSPS) is 17.9. The number of unbranched alkanes of at least 4 members (excludes halogenated alkanes) is 5. The summed E-state index contributed by atoms with van der Waals surface area (Å²) in [4.78, 5) is 12.5. The number of aliphatic hydroxyl groups is 1.